The van der Waals surface area contributed by atoms with Crippen LogP contribution in [0, 0.1) is 20.8 Å². The lowest BCUT2D eigenvalue weighted by molar-refractivity contribution is 1.06. The minimum Gasteiger partial charge on any atom is -0.241 e. The van der Waals surface area contributed by atoms with E-state index in [2.05, 4.69) is 0 Å². The first-order valence-corrected chi connectivity index (χ1v) is 39.9. The molecule has 48 bridgehead atoms. The molecule has 25 rings (SSSR count). The first-order chi connectivity index (χ1) is 63.4. The summed E-state index contributed by atoms with van der Waals surface area (Å²) in [5, 5.41) is 0. The van der Waals surface area contributed by atoms with E-state index in [1.807, 2.05) is 36.4 Å². The van der Waals surface area contributed by atoms with Crippen LogP contribution < -0.4 is 0 Å². The summed E-state index contributed by atoms with van der Waals surface area (Å²) in [4.78, 5) is 199. The smallest absolute Gasteiger partial charge is 0.182 e. The molecular weight excluding hydrogens is 1630 g/mol. The Labute approximate surface area is 717 Å². The molecule has 600 valence electrons. The van der Waals surface area contributed by atoms with E-state index in [1.165, 1.54) is 0 Å². The number of hydrogen-bond acceptors (Lipinski definition) is 39. The number of rotatable bonds is 0. The molecule has 0 spiro atoms. The monoisotopic (exact) mass is 1670 g/mol. The van der Waals surface area contributed by atoms with Gasteiger partial charge in [0, 0.05) is 0 Å². The van der Waals surface area contributed by atoms with Crippen LogP contribution in [0.3, 0.4) is 0 Å². The topological polar surface area (TPSA) is 503 Å². The van der Waals surface area contributed by atoms with Crippen LogP contribution in [-0.2, 0) is 0 Å². The third-order valence-corrected chi connectivity index (χ3v) is 20.5. The molecule has 0 unspecified atom stereocenters. The zero-order valence-corrected chi connectivity index (χ0v) is 66.7. The fourth-order valence-corrected chi connectivity index (χ4v) is 14.7. The Morgan fingerprint density at radius 1 is 0.101 bits per heavy atom. The van der Waals surface area contributed by atoms with Crippen LogP contribution >= 0.6 is 0 Å². The van der Waals surface area contributed by atoms with Gasteiger partial charge in [-0.05, 0) is 166 Å². The van der Waals surface area contributed by atoms with Crippen molar-refractivity contribution < 1.29 is 0 Å². The highest BCUT2D eigenvalue weighted by atomic mass is 15.1. The zero-order chi connectivity index (χ0) is 85.5. The van der Waals surface area contributed by atoms with Gasteiger partial charge in [-0.15, -0.1) is 0 Å². The van der Waals surface area contributed by atoms with Gasteiger partial charge in [0.15, 0.2) is 137 Å². The minimum atomic E-state index is 0.1000. The Morgan fingerprint density at radius 2 is 0.202 bits per heavy atom. The largest absolute Gasteiger partial charge is 0.241 e. The summed E-state index contributed by atoms with van der Waals surface area (Å²) in [6, 6.07) is 64.0. The molecule has 1 aliphatic rings. The number of pyridine rings is 12. The highest BCUT2D eigenvalue weighted by Gasteiger charge is 2.22. The second-order valence-electron chi connectivity index (χ2n) is 29.3. The summed E-state index contributed by atoms with van der Waals surface area (Å²) >= 11 is 0. The van der Waals surface area contributed by atoms with Gasteiger partial charge in [0.25, 0.3) is 0 Å². The zero-order valence-electron chi connectivity index (χ0n) is 66.7. The number of nitrogens with zero attached hydrogens (tertiary/aromatic N) is 39. The van der Waals surface area contributed by atoms with Gasteiger partial charge in [-0.3, -0.25) is 0 Å². The third kappa shape index (κ3) is 13.4. The van der Waals surface area contributed by atoms with Crippen LogP contribution in [0.5, 0.6) is 0 Å². The molecule has 0 saturated carbocycles. The van der Waals surface area contributed by atoms with Crippen LogP contribution in [0.2, 0.25) is 0 Å². The van der Waals surface area contributed by atoms with Crippen molar-refractivity contribution >= 4 is 201 Å². The molecule has 25 heterocycles. The van der Waals surface area contributed by atoms with Gasteiger partial charge < -0.3 is 0 Å². The predicted molar refractivity (Wildman–Crippen MR) is 475 cm³/mol. The molecule has 0 aromatic carbocycles. The molecular formula is C90H45N39. The fourth-order valence-electron chi connectivity index (χ4n) is 14.7. The Bertz CT molecular complexity index is 8170. The average Bonchev–Trinajstić information content (AvgIpc) is 0.774. The number of aromatic nitrogens is 39. The second kappa shape index (κ2) is 29.0. The van der Waals surface area contributed by atoms with Crippen LogP contribution in [0.25, 0.3) is 270 Å². The molecule has 0 radical (unpaired) electrons. The normalized spacial score (nSPS) is 11.8. The summed E-state index contributed by atoms with van der Waals surface area (Å²) in [6.45, 7) is 5.28. The lowest BCUT2D eigenvalue weighted by atomic mass is 10.2. The van der Waals surface area contributed by atoms with Crippen LogP contribution in [0.1, 0.15) is 17.5 Å². The highest BCUT2D eigenvalue weighted by molar-refractivity contribution is 5.93. The van der Waals surface area contributed by atoms with E-state index < -0.39 is 0 Å². The first kappa shape index (κ1) is 72.7. The minimum absolute atomic E-state index is 0.1000. The van der Waals surface area contributed by atoms with Gasteiger partial charge in [-0.2, -0.15) is 0 Å². The Kier molecular flexibility index (Phi) is 16.4. The first-order valence-electron chi connectivity index (χ1n) is 39.9. The van der Waals surface area contributed by atoms with E-state index in [0.29, 0.717) is 83.7 Å². The molecule has 1 aliphatic heterocycles. The number of fused-ring (bicyclic) bond motifs is 54. The molecule has 0 N–H and O–H groups in total. The fraction of sp³-hybridized carbons (Fsp3) is 0.0333. The van der Waals surface area contributed by atoms with E-state index in [1.54, 1.807) is 203 Å². The lowest BCUT2D eigenvalue weighted by Gasteiger charge is -2.07. The molecule has 0 saturated heterocycles. The van der Waals surface area contributed by atoms with E-state index in [4.69, 9.17) is 194 Å². The van der Waals surface area contributed by atoms with Crippen molar-refractivity contribution in [2.45, 2.75) is 20.8 Å². The van der Waals surface area contributed by atoms with Crippen LogP contribution in [0.4, 0.5) is 0 Å². The van der Waals surface area contributed by atoms with Gasteiger partial charge in [-0.1, -0.05) is 72.8 Å². The van der Waals surface area contributed by atoms with E-state index in [-0.39, 0.29) is 204 Å². The van der Waals surface area contributed by atoms with Gasteiger partial charge in [0.2, 0.25) is 0 Å². The number of aryl methyl sites for hydroxylation is 3. The van der Waals surface area contributed by atoms with Crippen molar-refractivity contribution in [2.75, 3.05) is 0 Å². The quantitative estimate of drug-likeness (QED) is 0.136. The SMILES string of the molecule is Cc1nc2nc(n1)c1cccc(n1)c1nc3nc(n1)c1cccc(n1)c1nc(nc(n1)c1cccc2n1)-c1cccc(n1)-c1nc2nc(n1)c1cccc(n1)c1nc(nc(n1)c1cccc(n1)c1nc(C)nc(n1)c1cccc2n1)-c1cccc(n1)-c1nc2nc(n1)c1cccc(n1)c1nc(nc(n1)c1cccc(n1)c1nc(C)nc(n1)c1cccc2n1)-c1cccc-3n1. The second-order valence-corrected chi connectivity index (χ2v) is 29.3. The summed E-state index contributed by atoms with van der Waals surface area (Å²) in [5.74, 6) is 1.75. The van der Waals surface area contributed by atoms with Crippen molar-refractivity contribution in [1.29, 1.82) is 0 Å². The maximum Gasteiger partial charge on any atom is 0.182 e. The van der Waals surface area contributed by atoms with Crippen molar-refractivity contribution in [3.8, 4) is 69.1 Å². The average molecular weight is 1670 g/mol. The molecule has 0 fully saturated rings. The molecule has 0 atom stereocenters. The third-order valence-electron chi connectivity index (χ3n) is 20.5. The molecule has 39 heteroatoms. The van der Waals surface area contributed by atoms with Crippen LogP contribution in [0.15, 0.2) is 218 Å². The maximum absolute atomic E-state index is 5.27. The summed E-state index contributed by atoms with van der Waals surface area (Å²) < 4.78 is 0. The predicted octanol–water partition coefficient (Wildman–Crippen LogP) is 13.1. The van der Waals surface area contributed by atoms with E-state index >= 15 is 0 Å². The van der Waals surface area contributed by atoms with Crippen molar-refractivity contribution in [1.82, 2.24) is 194 Å². The van der Waals surface area contributed by atoms with Crippen molar-refractivity contribution in [3.63, 3.8) is 0 Å². The summed E-state index contributed by atoms with van der Waals surface area (Å²) in [5.41, 5.74) is 10.1. The number of hydrogen-bond donors (Lipinski definition) is 0. The van der Waals surface area contributed by atoms with Gasteiger partial charge in [-0.25, -0.2) is 194 Å². The standard InChI is InChI=1S/C90H45N39/c1-40-91-67-43-16-4-22-49(97-43)73-112-79-55-28-10-29-56(103-55)80-113-74(50-23-5-17-44(98-50)68(92-40)109-67)119-86(125-80)62-35-14-37-64(107-62)88-121-76-52-25-7-19-46(100-52)70-94-42(3)96-72(111-70)48-21-9-27-54(102-48)78-117-84(60-33-12-31-58(105-60)82(115-76)127-88)129-90(123-78)66-39-15-38-65(108-66)89-122-77-53-26-8-20-47(101-53)71-95-41(2)93-69(110-71)45-18-6-24-51(99-45)75-114-81(57-30-11-32-59(104-57)83(116-77)128-89)126-87(120-75)63-36-13-34-61(106-63)85(118-73)124-79/h4-39H,1-3H3. The van der Waals surface area contributed by atoms with E-state index in [9.17, 15) is 0 Å². The van der Waals surface area contributed by atoms with Crippen molar-refractivity contribution in [3.05, 3.63) is 236 Å². The lowest BCUT2D eigenvalue weighted by Crippen LogP contribution is -2.01. The Morgan fingerprint density at radius 3 is 0.318 bits per heavy atom. The van der Waals surface area contributed by atoms with Crippen LogP contribution in [-0.4, -0.2) is 194 Å². The Hall–Kier alpha value is -19.1. The molecule has 39 nitrogen and oxygen atoms in total. The van der Waals surface area contributed by atoms with Gasteiger partial charge >= 0.3 is 0 Å². The highest BCUT2D eigenvalue weighted by Crippen LogP contribution is 2.31. The molecule has 0 aliphatic carbocycles. The molecule has 129 heavy (non-hydrogen) atoms. The van der Waals surface area contributed by atoms with E-state index in [0.717, 1.165) is 0 Å². The molecule has 0 amide bonds. The summed E-state index contributed by atoms with van der Waals surface area (Å²) in [7, 11) is 0. The van der Waals surface area contributed by atoms with Crippen molar-refractivity contribution in [2.24, 2.45) is 0 Å². The van der Waals surface area contributed by atoms with Gasteiger partial charge in [0.05, 0.1) is 0 Å². The molecule has 24 aromatic rings. The molecule has 24 aromatic heterocycles. The summed E-state index contributed by atoms with van der Waals surface area (Å²) in [6.07, 6.45) is 0. The maximum atomic E-state index is 5.27. The Balaban J connectivity index is 0.821. The van der Waals surface area contributed by atoms with Gasteiger partial charge in [0.1, 0.15) is 151 Å².